The van der Waals surface area contributed by atoms with Crippen LogP contribution in [0.2, 0.25) is 0 Å². The molecule has 458 valence electrons. The number of allylic oxidation sites excluding steroid dienone is 1. The molecule has 0 aromatic rings. The predicted octanol–water partition coefficient (Wildman–Crippen LogP) is 16.3. The molecule has 13 heteroatoms. The molecule has 1 aliphatic rings. The molecule has 0 radical (unpaired) electrons. The first kappa shape index (κ1) is 74.1. The second-order valence-electron chi connectivity index (χ2n) is 23.7. The summed E-state index contributed by atoms with van der Waals surface area (Å²) in [5, 5.41) is 64.5. The van der Waals surface area contributed by atoms with E-state index in [4.69, 9.17) is 9.05 Å². The lowest BCUT2D eigenvalue weighted by Gasteiger charge is -2.41. The van der Waals surface area contributed by atoms with E-state index in [1.165, 1.54) is 263 Å². The molecule has 0 bridgehead atoms. The Hall–Kier alpha value is -0.920. The molecule has 9 atom stereocenters. The van der Waals surface area contributed by atoms with Crippen LogP contribution in [0.1, 0.15) is 335 Å². The maximum Gasteiger partial charge on any atom is 0.472 e. The Balaban J connectivity index is 2.20. The zero-order valence-electron chi connectivity index (χ0n) is 50.0. The number of rotatable bonds is 58. The number of carbonyl (C=O) groups is 1. The minimum atomic E-state index is -5.09. The summed E-state index contributed by atoms with van der Waals surface area (Å²) in [5.41, 5.74) is 0. The Labute approximate surface area is 473 Å². The molecule has 8 N–H and O–H groups in total. The Morgan fingerprint density at radius 1 is 0.429 bits per heavy atom. The van der Waals surface area contributed by atoms with Gasteiger partial charge < -0.3 is 40.8 Å². The van der Waals surface area contributed by atoms with Gasteiger partial charge in [-0.15, -0.1) is 0 Å². The van der Waals surface area contributed by atoms with Crippen molar-refractivity contribution < 1.29 is 53.9 Å². The summed E-state index contributed by atoms with van der Waals surface area (Å²) in [4.78, 5) is 23.6. The zero-order valence-corrected chi connectivity index (χ0v) is 50.9. The monoisotopic (exact) mass is 1120 g/mol. The average Bonchev–Trinajstić information content (AvgIpc) is 3.42. The summed E-state index contributed by atoms with van der Waals surface area (Å²) in [6.45, 7) is 3.91. The van der Waals surface area contributed by atoms with Crippen molar-refractivity contribution in [3.63, 3.8) is 0 Å². The van der Waals surface area contributed by atoms with Crippen LogP contribution in [0.15, 0.2) is 12.2 Å². The van der Waals surface area contributed by atoms with Crippen LogP contribution in [-0.2, 0) is 18.4 Å². The zero-order chi connectivity index (χ0) is 56.3. The van der Waals surface area contributed by atoms with Gasteiger partial charge in [0.15, 0.2) is 0 Å². The largest absolute Gasteiger partial charge is 0.472 e. The topological polar surface area (TPSA) is 206 Å². The molecular weight excluding hydrogens is 990 g/mol. The van der Waals surface area contributed by atoms with Crippen LogP contribution in [0.5, 0.6) is 0 Å². The maximum atomic E-state index is 13.1. The molecule has 0 heterocycles. The fourth-order valence-corrected chi connectivity index (χ4v) is 12.0. The predicted molar refractivity (Wildman–Crippen MR) is 320 cm³/mol. The number of aliphatic hydroxyl groups is 6. The molecule has 1 amide bonds. The van der Waals surface area contributed by atoms with E-state index in [2.05, 4.69) is 19.2 Å². The van der Waals surface area contributed by atoms with Gasteiger partial charge in [-0.1, -0.05) is 321 Å². The normalized spacial score (nSPS) is 20.5. The molecular formula is C64H126NO11P. The number of carbonyl (C=O) groups excluding carboxylic acids is 1. The number of phosphoric acid groups is 1. The van der Waals surface area contributed by atoms with E-state index >= 15 is 0 Å². The highest BCUT2D eigenvalue weighted by atomic mass is 31.2. The van der Waals surface area contributed by atoms with Crippen LogP contribution in [0.4, 0.5) is 0 Å². The Kier molecular flexibility index (Phi) is 51.1. The lowest BCUT2D eigenvalue weighted by molar-refractivity contribution is -0.220. The van der Waals surface area contributed by atoms with Crippen molar-refractivity contribution in [2.75, 3.05) is 6.61 Å². The van der Waals surface area contributed by atoms with Crippen LogP contribution in [0, 0.1) is 0 Å². The molecule has 0 saturated heterocycles. The maximum absolute atomic E-state index is 13.1. The van der Waals surface area contributed by atoms with Crippen LogP contribution in [-0.4, -0.2) is 96.8 Å². The standard InChI is InChI=1S/C64H126NO11P/c1-3-5-7-9-11-13-15-17-19-21-22-23-24-25-26-27-28-29-30-31-32-33-34-35-36-38-40-42-44-46-48-50-52-54-58(67)65-56(55-75-77(73,74)76-64-62(71)60(69)59(68)61(70)63(64)72)57(66)53-51-49-47-45-43-41-39-37-20-18-16-14-12-10-8-6-4-2/h51,53,56-57,59-64,66,68-72H,3-50,52,54-55H2,1-2H3,(H,65,67)(H,73,74)/b53-51+/t56-,57+,59?,60+,61?,62?,63?,64?/m0/s1. The number of hydrogen-bond acceptors (Lipinski definition) is 10. The minimum Gasteiger partial charge on any atom is -0.387 e. The van der Waals surface area contributed by atoms with Crippen molar-refractivity contribution in [1.82, 2.24) is 5.32 Å². The molecule has 1 fully saturated rings. The first-order valence-electron chi connectivity index (χ1n) is 33.1. The van der Waals surface area contributed by atoms with Gasteiger partial charge in [0.1, 0.15) is 36.6 Å². The fraction of sp³-hybridized carbons (Fsp3) is 0.953. The third-order valence-corrected chi connectivity index (χ3v) is 17.3. The highest BCUT2D eigenvalue weighted by molar-refractivity contribution is 7.47. The molecule has 77 heavy (non-hydrogen) atoms. The molecule has 0 aromatic heterocycles. The van der Waals surface area contributed by atoms with Gasteiger partial charge in [0.25, 0.3) is 0 Å². The SMILES string of the molecule is CCCCCCCCCCCCCCCCC/C=C/[C@@H](O)[C@H](COP(=O)(O)OC1C(O)C(O)C(O)[C@@H](O)C1O)NC(=O)CCCCCCCCCCCCCCCCCCCCCCCCCCCCCCCCCCC. The summed E-state index contributed by atoms with van der Waals surface area (Å²) in [7, 11) is -5.09. The van der Waals surface area contributed by atoms with E-state index in [-0.39, 0.29) is 12.3 Å². The molecule has 12 nitrogen and oxygen atoms in total. The smallest absolute Gasteiger partial charge is 0.387 e. The van der Waals surface area contributed by atoms with Crippen molar-refractivity contribution in [1.29, 1.82) is 0 Å². The Morgan fingerprint density at radius 3 is 0.987 bits per heavy atom. The summed E-state index contributed by atoms with van der Waals surface area (Å²) in [6.07, 6.45) is 54.6. The minimum absolute atomic E-state index is 0.220. The van der Waals surface area contributed by atoms with Gasteiger partial charge >= 0.3 is 7.82 Å². The van der Waals surface area contributed by atoms with Crippen LogP contribution >= 0.6 is 7.82 Å². The van der Waals surface area contributed by atoms with E-state index in [1.54, 1.807) is 6.08 Å². The van der Waals surface area contributed by atoms with E-state index in [0.717, 1.165) is 44.9 Å². The molecule has 0 spiro atoms. The third kappa shape index (κ3) is 43.4. The first-order chi connectivity index (χ1) is 37.4. The van der Waals surface area contributed by atoms with E-state index in [0.29, 0.717) is 6.42 Å². The quantitative estimate of drug-likeness (QED) is 0.0163. The number of aliphatic hydroxyl groups excluding tert-OH is 6. The van der Waals surface area contributed by atoms with Crippen LogP contribution < -0.4 is 5.32 Å². The molecule has 1 aliphatic carbocycles. The van der Waals surface area contributed by atoms with Gasteiger partial charge in [-0.25, -0.2) is 4.57 Å². The summed E-state index contributed by atoms with van der Waals surface area (Å²) in [6, 6.07) is -1.11. The van der Waals surface area contributed by atoms with E-state index < -0.39 is 63.2 Å². The molecule has 6 unspecified atom stereocenters. The van der Waals surface area contributed by atoms with Gasteiger partial charge in [0.2, 0.25) is 5.91 Å². The summed E-state index contributed by atoms with van der Waals surface area (Å²) in [5.74, 6) is -0.332. The fourth-order valence-electron chi connectivity index (χ4n) is 11.0. The average molecular weight is 1120 g/mol. The van der Waals surface area contributed by atoms with Gasteiger partial charge in [0, 0.05) is 6.42 Å². The van der Waals surface area contributed by atoms with Gasteiger partial charge in [-0.2, -0.15) is 0 Å². The lowest BCUT2D eigenvalue weighted by atomic mass is 9.85. The lowest BCUT2D eigenvalue weighted by Crippen LogP contribution is -2.64. The number of nitrogens with one attached hydrogen (secondary N) is 1. The second-order valence-corrected chi connectivity index (χ2v) is 25.1. The number of amides is 1. The summed E-state index contributed by atoms with van der Waals surface area (Å²) < 4.78 is 23.1. The van der Waals surface area contributed by atoms with Crippen molar-refractivity contribution in [2.24, 2.45) is 0 Å². The van der Waals surface area contributed by atoms with Crippen molar-refractivity contribution in [3.05, 3.63) is 12.2 Å². The van der Waals surface area contributed by atoms with Crippen molar-refractivity contribution in [2.45, 2.75) is 384 Å². The first-order valence-corrected chi connectivity index (χ1v) is 34.6. The van der Waals surface area contributed by atoms with Crippen LogP contribution in [0.3, 0.4) is 0 Å². The highest BCUT2D eigenvalue weighted by Gasteiger charge is 2.51. The number of hydrogen-bond donors (Lipinski definition) is 8. The van der Waals surface area contributed by atoms with Crippen LogP contribution in [0.25, 0.3) is 0 Å². The second kappa shape index (κ2) is 53.1. The molecule has 0 aliphatic heterocycles. The Morgan fingerprint density at radius 2 is 0.688 bits per heavy atom. The number of unbranched alkanes of at least 4 members (excludes halogenated alkanes) is 47. The highest BCUT2D eigenvalue weighted by Crippen LogP contribution is 2.47. The van der Waals surface area contributed by atoms with E-state index in [9.17, 15) is 44.9 Å². The summed E-state index contributed by atoms with van der Waals surface area (Å²) >= 11 is 0. The molecule has 1 rings (SSSR count). The number of phosphoric ester groups is 1. The van der Waals surface area contributed by atoms with Gasteiger partial charge in [-0.05, 0) is 19.3 Å². The molecule has 1 saturated carbocycles. The molecule has 0 aromatic carbocycles. The van der Waals surface area contributed by atoms with E-state index in [1.807, 2.05) is 6.08 Å². The Bertz CT molecular complexity index is 1340. The third-order valence-electron chi connectivity index (χ3n) is 16.3. The van der Waals surface area contributed by atoms with Gasteiger partial charge in [-0.3, -0.25) is 13.8 Å². The van der Waals surface area contributed by atoms with Gasteiger partial charge in [0.05, 0.1) is 18.8 Å². The van der Waals surface area contributed by atoms with Crippen molar-refractivity contribution in [3.8, 4) is 0 Å². The van der Waals surface area contributed by atoms with Crippen molar-refractivity contribution >= 4 is 13.7 Å².